The number of hydrogen-bond donors (Lipinski definition) is 1. The van der Waals surface area contributed by atoms with Crippen LogP contribution in [-0.2, 0) is 9.53 Å². The lowest BCUT2D eigenvalue weighted by molar-refractivity contribution is -0.111. The number of fused-ring (bicyclic) bond motifs is 1. The minimum Gasteiger partial charge on any atom is -0.496 e. The molecule has 0 aliphatic rings. The zero-order chi connectivity index (χ0) is 25.1. The molecule has 0 fully saturated rings. The molecular weight excluding hydrogens is 442 g/mol. The average Bonchev–Trinajstić information content (AvgIpc) is 3.28. The van der Waals surface area contributed by atoms with E-state index < -0.39 is 5.97 Å². The second kappa shape index (κ2) is 9.89. The largest absolute Gasteiger partial charge is 0.496 e. The highest BCUT2D eigenvalue weighted by Crippen LogP contribution is 2.40. The van der Waals surface area contributed by atoms with Gasteiger partial charge in [0.1, 0.15) is 11.3 Å². The Morgan fingerprint density at radius 3 is 2.29 bits per heavy atom. The number of nitrogens with one attached hydrogen (secondary N) is 1. The van der Waals surface area contributed by atoms with Crippen LogP contribution in [0.15, 0.2) is 71.4 Å². The highest BCUT2D eigenvalue weighted by molar-refractivity contribution is 6.06. The molecule has 6 heteroatoms. The van der Waals surface area contributed by atoms with Gasteiger partial charge in [-0.3, -0.25) is 4.79 Å². The van der Waals surface area contributed by atoms with Gasteiger partial charge in [-0.2, -0.15) is 0 Å². The number of amides is 1. The van der Waals surface area contributed by atoms with Gasteiger partial charge in [-0.05, 0) is 62.2 Å². The van der Waals surface area contributed by atoms with Crippen LogP contribution in [0.4, 0.5) is 5.69 Å². The van der Waals surface area contributed by atoms with Crippen molar-refractivity contribution < 1.29 is 23.5 Å². The van der Waals surface area contributed by atoms with Crippen molar-refractivity contribution in [1.29, 1.82) is 0 Å². The van der Waals surface area contributed by atoms with Crippen LogP contribution in [-0.4, -0.2) is 26.1 Å². The lowest BCUT2D eigenvalue weighted by Gasteiger charge is -2.13. The van der Waals surface area contributed by atoms with E-state index in [1.54, 1.807) is 37.6 Å². The monoisotopic (exact) mass is 469 g/mol. The van der Waals surface area contributed by atoms with Gasteiger partial charge in [0.05, 0.1) is 26.0 Å². The van der Waals surface area contributed by atoms with Crippen molar-refractivity contribution in [2.45, 2.75) is 20.8 Å². The van der Waals surface area contributed by atoms with Crippen molar-refractivity contribution in [2.24, 2.45) is 0 Å². The van der Waals surface area contributed by atoms with Crippen LogP contribution in [0.25, 0.3) is 27.7 Å². The number of carbonyl (C=O) groups is 2. The predicted octanol–water partition coefficient (Wildman–Crippen LogP) is 6.55. The second-order valence-electron chi connectivity index (χ2n) is 8.36. The molecule has 0 spiro atoms. The summed E-state index contributed by atoms with van der Waals surface area (Å²) in [5, 5.41) is 3.78. The molecule has 0 unspecified atom stereocenters. The third-order valence-electron chi connectivity index (χ3n) is 5.96. The molecule has 3 aromatic carbocycles. The molecule has 1 aromatic heterocycles. The van der Waals surface area contributed by atoms with Crippen molar-refractivity contribution >= 4 is 34.1 Å². The van der Waals surface area contributed by atoms with E-state index in [9.17, 15) is 9.59 Å². The van der Waals surface area contributed by atoms with E-state index in [0.29, 0.717) is 17.0 Å². The van der Waals surface area contributed by atoms with Crippen molar-refractivity contribution in [1.82, 2.24) is 0 Å². The van der Waals surface area contributed by atoms with Gasteiger partial charge in [0.2, 0.25) is 5.91 Å². The summed E-state index contributed by atoms with van der Waals surface area (Å²) in [5.41, 5.74) is 7.38. The highest BCUT2D eigenvalue weighted by atomic mass is 16.5. The summed E-state index contributed by atoms with van der Waals surface area (Å²) in [4.78, 5) is 24.4. The summed E-state index contributed by atoms with van der Waals surface area (Å²) < 4.78 is 16.3. The van der Waals surface area contributed by atoms with Crippen LogP contribution in [0.5, 0.6) is 5.75 Å². The van der Waals surface area contributed by atoms with Crippen molar-refractivity contribution in [3.05, 3.63) is 89.2 Å². The van der Waals surface area contributed by atoms with Gasteiger partial charge in [0.25, 0.3) is 0 Å². The van der Waals surface area contributed by atoms with Crippen LogP contribution < -0.4 is 10.1 Å². The van der Waals surface area contributed by atoms with Gasteiger partial charge in [0, 0.05) is 33.8 Å². The lowest BCUT2D eigenvalue weighted by Crippen LogP contribution is -2.09. The normalized spacial score (nSPS) is 11.4. The first-order valence-electron chi connectivity index (χ1n) is 11.2. The number of benzene rings is 3. The lowest BCUT2D eigenvalue weighted by atomic mass is 9.96. The minimum atomic E-state index is -0.430. The maximum absolute atomic E-state index is 12.8. The fourth-order valence-electron chi connectivity index (χ4n) is 4.09. The third kappa shape index (κ3) is 4.82. The minimum absolute atomic E-state index is 0.293. The summed E-state index contributed by atoms with van der Waals surface area (Å²) in [7, 11) is 2.93. The van der Waals surface area contributed by atoms with Gasteiger partial charge in [0.15, 0.2) is 0 Å². The Kier molecular flexibility index (Phi) is 6.73. The second-order valence-corrected chi connectivity index (χ2v) is 8.36. The Balaban J connectivity index is 1.68. The zero-order valence-corrected chi connectivity index (χ0v) is 20.4. The van der Waals surface area contributed by atoms with E-state index in [-0.39, 0.29) is 5.91 Å². The maximum atomic E-state index is 12.8. The molecular formula is C29H27NO5. The summed E-state index contributed by atoms with van der Waals surface area (Å²) in [6, 6.07) is 16.8. The fraction of sp³-hybridized carbons (Fsp3) is 0.172. The molecule has 4 aromatic rings. The molecule has 0 atom stereocenters. The SMILES string of the molecule is COC(=O)c1ccc(NC(=O)/C=C(\C)c2cc3c(-c4ccc(C)cc4)coc3c(C)c2OC)cc1. The first-order chi connectivity index (χ1) is 16.8. The molecule has 0 aliphatic carbocycles. The molecule has 6 nitrogen and oxygen atoms in total. The molecule has 178 valence electrons. The quantitative estimate of drug-likeness (QED) is 0.256. The number of carbonyl (C=O) groups excluding carboxylic acids is 2. The smallest absolute Gasteiger partial charge is 0.337 e. The standard InChI is InChI=1S/C29H27NO5/c1-17-6-8-20(9-7-17)25-16-35-28-19(3)27(33-4)23(15-24(25)28)18(2)14-26(31)30-22-12-10-21(11-13-22)29(32)34-5/h6-16H,1-5H3,(H,30,31)/b18-14+. The van der Waals surface area contributed by atoms with Gasteiger partial charge < -0.3 is 19.2 Å². The number of esters is 1. The van der Waals surface area contributed by atoms with E-state index in [4.69, 9.17) is 13.9 Å². The topological polar surface area (TPSA) is 77.8 Å². The molecule has 0 aliphatic heterocycles. The number of rotatable bonds is 6. The molecule has 0 radical (unpaired) electrons. The van der Waals surface area contributed by atoms with Crippen molar-refractivity contribution in [3.8, 4) is 16.9 Å². The number of anilines is 1. The molecule has 1 amide bonds. The maximum Gasteiger partial charge on any atom is 0.337 e. The summed E-state index contributed by atoms with van der Waals surface area (Å²) in [6.07, 6.45) is 3.29. The number of methoxy groups -OCH3 is 2. The molecule has 0 saturated heterocycles. The molecule has 4 rings (SSSR count). The van der Waals surface area contributed by atoms with Crippen molar-refractivity contribution in [3.63, 3.8) is 0 Å². The molecule has 35 heavy (non-hydrogen) atoms. The van der Waals surface area contributed by atoms with Crippen LogP contribution in [0, 0.1) is 13.8 Å². The Labute approximate surface area is 204 Å². The van der Waals surface area contributed by atoms with Crippen LogP contribution in [0.1, 0.15) is 34.0 Å². The zero-order valence-electron chi connectivity index (χ0n) is 20.4. The number of ether oxygens (including phenoxy) is 2. The predicted molar refractivity (Wildman–Crippen MR) is 138 cm³/mol. The Bertz CT molecular complexity index is 1430. The summed E-state index contributed by atoms with van der Waals surface area (Å²) in [6.45, 7) is 5.87. The summed E-state index contributed by atoms with van der Waals surface area (Å²) in [5.74, 6) is -0.0638. The van der Waals surface area contributed by atoms with Gasteiger partial charge in [-0.15, -0.1) is 0 Å². The van der Waals surface area contributed by atoms with Gasteiger partial charge in [-0.25, -0.2) is 4.79 Å². The van der Waals surface area contributed by atoms with Gasteiger partial charge in [-0.1, -0.05) is 29.8 Å². The van der Waals surface area contributed by atoms with E-state index in [0.717, 1.165) is 38.8 Å². The number of aryl methyl sites for hydroxylation is 2. The first kappa shape index (κ1) is 23.8. The van der Waals surface area contributed by atoms with Crippen LogP contribution in [0.2, 0.25) is 0 Å². The molecule has 1 heterocycles. The Hall–Kier alpha value is -4.32. The number of furan rings is 1. The number of hydrogen-bond acceptors (Lipinski definition) is 5. The van der Waals surface area contributed by atoms with Crippen molar-refractivity contribution in [2.75, 3.05) is 19.5 Å². The molecule has 1 N–H and O–H groups in total. The van der Waals surface area contributed by atoms with E-state index >= 15 is 0 Å². The van der Waals surface area contributed by atoms with Crippen LogP contribution >= 0.6 is 0 Å². The van der Waals surface area contributed by atoms with E-state index in [2.05, 4.69) is 36.5 Å². The molecule has 0 bridgehead atoms. The average molecular weight is 470 g/mol. The fourth-order valence-corrected chi connectivity index (χ4v) is 4.09. The number of allylic oxidation sites excluding steroid dienone is 1. The first-order valence-corrected chi connectivity index (χ1v) is 11.2. The van der Waals surface area contributed by atoms with Gasteiger partial charge >= 0.3 is 5.97 Å². The van der Waals surface area contributed by atoms with Crippen LogP contribution in [0.3, 0.4) is 0 Å². The molecule has 0 saturated carbocycles. The van der Waals surface area contributed by atoms with E-state index in [1.807, 2.05) is 19.9 Å². The highest BCUT2D eigenvalue weighted by Gasteiger charge is 2.19. The Morgan fingerprint density at radius 1 is 0.971 bits per heavy atom. The Morgan fingerprint density at radius 2 is 1.66 bits per heavy atom. The third-order valence-corrected chi connectivity index (χ3v) is 5.96. The van der Waals surface area contributed by atoms with E-state index in [1.165, 1.54) is 18.7 Å². The summed E-state index contributed by atoms with van der Waals surface area (Å²) >= 11 is 0.